The van der Waals surface area contributed by atoms with Gasteiger partial charge < -0.3 is 120 Å². The number of aldehydes is 1. The Morgan fingerprint density at radius 2 is 1.04 bits per heavy atom. The number of primary amides is 2. The largest absolute Gasteiger partial charge is 0.508 e. The van der Waals surface area contributed by atoms with Crippen LogP contribution in [0.4, 0.5) is 13.2 Å². The van der Waals surface area contributed by atoms with Crippen LogP contribution in [0.2, 0.25) is 0 Å². The number of aliphatic hydroxyl groups is 2. The number of hydrogen-bond acceptors (Lipinski definition) is 23. The highest BCUT2D eigenvalue weighted by Crippen LogP contribution is 2.28. The van der Waals surface area contributed by atoms with E-state index in [0.717, 1.165) is 31.5 Å². The summed E-state index contributed by atoms with van der Waals surface area (Å²) < 4.78 is 45.0. The molecule has 1 unspecified atom stereocenters. The first-order chi connectivity index (χ1) is 63.5. The molecule has 2 aliphatic heterocycles. The molecule has 0 aliphatic carbocycles. The van der Waals surface area contributed by atoms with E-state index in [-0.39, 0.29) is 49.8 Å². The second-order valence-electron chi connectivity index (χ2n) is 33.2. The number of aromatic nitrogens is 1. The zero-order chi connectivity index (χ0) is 98.6. The van der Waals surface area contributed by atoms with Crippen LogP contribution < -0.4 is 59.7 Å². The first kappa shape index (κ1) is 105. The van der Waals surface area contributed by atoms with E-state index in [9.17, 15) is 102 Å². The fraction of sp³-hybridized carbons (Fsp3) is 0.444. The van der Waals surface area contributed by atoms with E-state index in [2.05, 4.69) is 47.5 Å². The average Bonchev–Trinajstić information content (AvgIpc) is 1.62. The molecule has 15 atom stereocenters. The van der Waals surface area contributed by atoms with Crippen LogP contribution in [0.1, 0.15) is 100.0 Å². The molecule has 2 fully saturated rings. The van der Waals surface area contributed by atoms with Crippen molar-refractivity contribution < 1.29 is 125 Å². The van der Waals surface area contributed by atoms with Gasteiger partial charge in [0.05, 0.1) is 55.9 Å². The van der Waals surface area contributed by atoms with Crippen LogP contribution in [0, 0.1) is 23.4 Å². The predicted octanol–water partition coefficient (Wildman–Crippen LogP) is -1.87. The number of nitrogens with one attached hydrogen (secondary N) is 9. The van der Waals surface area contributed by atoms with E-state index in [1.54, 1.807) is 106 Å². The first-order valence-corrected chi connectivity index (χ1v) is 44.1. The number of H-pyrrole nitrogens is 1. The summed E-state index contributed by atoms with van der Waals surface area (Å²) in [4.78, 5) is 260. The standard InChI is InChI=1S/C90H112F3N17O23S/c1-7-8-23-68(89(132)110-43-56(114)36-70(110)85(128)103-65(39-76(120)121)83(126)105-78(47(2)3)90(133)106(4)53(44-111)28-48-17-11-9-12-18-48)107(5)88(131)71(33-49-19-13-10-14-20-49)108(6)87(130)66(32-51-29-58(91)77(93)59(92)30-51)99-74(117)46-134-45-67(79(122)98-41-73(96)116)104-82(125)64(38-72(95)115)101-80(123)62(31-50-24-26-54(112)27-25-50)100-81(124)63(34-52-40-97-61-22-16-15-21-57(52)61)102-84(127)69-35-55(113)42-109(69)86(129)60(94)37-75(118)119/h9-22,24-27,29-30,40,44,47,53,55-56,60,62-71,78,97,112-114H,7-8,23,28,31-39,41-43,45-46,94H2,1-6H3,(H2,95,115)(H2,96,116)(H,98,122)(H,99,117)(H,100,124)(H,101,123)(H,102,127)(H,103,128)(H,104,125)(H,105,126)(H,118,119)(H,120,121)/t53?,55-,56-,60+,62+,63+,64+,65+,66+,67+,68+,69-,70-,71+,78+/m1/s1. The van der Waals surface area contributed by atoms with Gasteiger partial charge in [-0.2, -0.15) is 0 Å². The molecule has 2 aliphatic rings. The zero-order valence-corrected chi connectivity index (χ0v) is 75.1. The lowest BCUT2D eigenvalue weighted by Gasteiger charge is -2.38. The number of nitrogens with two attached hydrogens (primary N) is 3. The second kappa shape index (κ2) is 49.6. The van der Waals surface area contributed by atoms with Gasteiger partial charge in [-0.05, 0) is 76.9 Å². The molecule has 1 aromatic heterocycles. The van der Waals surface area contributed by atoms with Crippen molar-refractivity contribution in [1.82, 2.24) is 72.0 Å². The topological polar surface area (TPSA) is 615 Å². The molecular formula is C90H112F3N17O23S. The molecule has 722 valence electrons. The number of halogens is 3. The number of hydrogen-bond donors (Lipinski definition) is 17. The molecule has 2 saturated heterocycles. The van der Waals surface area contributed by atoms with Gasteiger partial charge in [0.1, 0.15) is 78.5 Å². The number of fused-ring (bicyclic) bond motifs is 1. The van der Waals surface area contributed by atoms with Crippen LogP contribution in [-0.2, 0) is 118 Å². The maximum Gasteiger partial charge on any atom is 0.305 e. The monoisotopic (exact) mass is 1890 g/mol. The number of unbranched alkanes of at least 4 members (excludes halogenated alkanes) is 1. The first-order valence-electron chi connectivity index (χ1n) is 43.0. The predicted molar refractivity (Wildman–Crippen MR) is 476 cm³/mol. The number of β-amino-alcohol motifs (C(OH)–C–C–N with tert-alkyl or cyclic N) is 2. The number of aliphatic hydroxyl groups excluding tert-OH is 2. The van der Waals surface area contributed by atoms with Gasteiger partial charge in [0, 0.05) is 95.6 Å². The van der Waals surface area contributed by atoms with Gasteiger partial charge in [0.25, 0.3) is 0 Å². The number of carbonyl (C=O) groups is 18. The molecule has 3 heterocycles. The molecule has 134 heavy (non-hydrogen) atoms. The number of phenols is 1. The Labute approximate surface area is 771 Å². The van der Waals surface area contributed by atoms with Gasteiger partial charge in [-0.3, -0.25) is 81.5 Å². The summed E-state index contributed by atoms with van der Waals surface area (Å²) in [5.74, 6) is -27.2. The maximum absolute atomic E-state index is 15.6. The number of likely N-dealkylation sites (tertiary alicyclic amines) is 2. The minimum atomic E-state index is -2.06. The number of aromatic amines is 1. The fourth-order valence-electron chi connectivity index (χ4n) is 15.6. The van der Waals surface area contributed by atoms with E-state index in [0.29, 0.717) is 64.2 Å². The van der Waals surface area contributed by atoms with Gasteiger partial charge >= 0.3 is 11.9 Å². The van der Waals surface area contributed by atoms with Crippen LogP contribution in [0.15, 0.2) is 128 Å². The molecular weight excluding hydrogens is 1780 g/mol. The lowest BCUT2D eigenvalue weighted by atomic mass is 9.99. The number of aliphatic carboxylic acids is 2. The van der Waals surface area contributed by atoms with Crippen LogP contribution >= 0.6 is 11.8 Å². The summed E-state index contributed by atoms with van der Waals surface area (Å²) in [5.41, 5.74) is 18.9. The van der Waals surface area contributed by atoms with Crippen molar-refractivity contribution in [2.24, 2.45) is 23.1 Å². The molecule has 0 saturated carbocycles. The van der Waals surface area contributed by atoms with E-state index in [1.165, 1.54) is 44.6 Å². The van der Waals surface area contributed by atoms with Crippen molar-refractivity contribution in [3.63, 3.8) is 0 Å². The number of aromatic hydroxyl groups is 1. The van der Waals surface area contributed by atoms with Gasteiger partial charge in [-0.25, -0.2) is 13.2 Å². The van der Waals surface area contributed by atoms with Gasteiger partial charge in [-0.15, -0.1) is 11.8 Å². The van der Waals surface area contributed by atoms with Crippen molar-refractivity contribution in [1.29, 1.82) is 0 Å². The minimum Gasteiger partial charge on any atom is -0.508 e. The Hall–Kier alpha value is -13.9. The SMILES string of the molecule is CCCC[C@@H](C(=O)N1C[C@H](O)C[C@@H]1C(=O)N[C@@H](CC(=O)O)C(=O)N[C@H](C(=O)N(C)C(C=O)Cc1ccccc1)C(C)C)N(C)C(=O)[C@H](Cc1ccccc1)N(C)C(=O)[C@H](Cc1cc(F)c(F)c(F)c1)NC(=O)CSC[C@H](NC(=O)[C@H](CC(N)=O)NC(=O)[C@H](Cc1ccc(O)cc1)NC(=O)[C@H](Cc1c[nH]c2ccccc12)NC(=O)[C@H]1C[C@@H](O)CN1C(=O)[C@@H](N)CC(=O)O)C(=O)NCC(N)=O. The molecule has 6 aromatic rings. The number of amides is 15. The van der Waals surface area contributed by atoms with Crippen LogP contribution in [0.5, 0.6) is 5.75 Å². The molecule has 20 N–H and O–H groups in total. The lowest BCUT2D eigenvalue weighted by molar-refractivity contribution is -0.152. The lowest BCUT2D eigenvalue weighted by Crippen LogP contribution is -2.61. The van der Waals surface area contributed by atoms with Crippen LogP contribution in [0.3, 0.4) is 0 Å². The Bertz CT molecular complexity index is 5240. The summed E-state index contributed by atoms with van der Waals surface area (Å²) in [6, 6.07) is 8.05. The smallest absolute Gasteiger partial charge is 0.305 e. The van der Waals surface area contributed by atoms with Gasteiger partial charge in [-0.1, -0.05) is 125 Å². The van der Waals surface area contributed by atoms with Crippen molar-refractivity contribution in [2.45, 2.75) is 195 Å². The highest BCUT2D eigenvalue weighted by molar-refractivity contribution is 8.00. The number of para-hydroxylation sites is 1. The maximum atomic E-state index is 15.6. The second-order valence-corrected chi connectivity index (χ2v) is 34.3. The highest BCUT2D eigenvalue weighted by atomic mass is 32.2. The number of carboxylic acid groups (broad SMARTS) is 2. The number of carbonyl (C=O) groups excluding carboxylic acids is 16. The molecule has 8 rings (SSSR count). The molecule has 15 amide bonds. The Balaban J connectivity index is 1.03. The normalized spacial score (nSPS) is 17.1. The Morgan fingerprint density at radius 3 is 1.60 bits per heavy atom. The molecule has 0 spiro atoms. The number of rotatable bonds is 49. The van der Waals surface area contributed by atoms with Crippen molar-refractivity contribution in [2.75, 3.05) is 52.3 Å². The highest BCUT2D eigenvalue weighted by Gasteiger charge is 2.48. The van der Waals surface area contributed by atoms with E-state index < -0.39 is 290 Å². The number of benzene rings is 5. The van der Waals surface area contributed by atoms with Crippen molar-refractivity contribution in [3.05, 3.63) is 173 Å². The number of phenolic OH excluding ortho intramolecular Hbond substituents is 1. The summed E-state index contributed by atoms with van der Waals surface area (Å²) in [6.07, 6.45) is -5.88. The van der Waals surface area contributed by atoms with E-state index in [4.69, 9.17) is 17.2 Å². The summed E-state index contributed by atoms with van der Waals surface area (Å²) >= 11 is 0.544. The quantitative estimate of drug-likeness (QED) is 0.0147. The van der Waals surface area contributed by atoms with E-state index >= 15 is 23.2 Å². The van der Waals surface area contributed by atoms with Crippen LogP contribution in [-0.4, -0.2) is 305 Å². The molecule has 40 nitrogen and oxygen atoms in total. The third kappa shape index (κ3) is 29.8. The number of likely N-dealkylation sites (N-methyl/N-ethyl adjacent to an activating group) is 3. The third-order valence-electron chi connectivity index (χ3n) is 22.8. The van der Waals surface area contributed by atoms with Crippen molar-refractivity contribution in [3.8, 4) is 5.75 Å². The zero-order valence-electron chi connectivity index (χ0n) is 74.3. The summed E-state index contributed by atoms with van der Waals surface area (Å²) in [6.45, 7) is 3.05. The number of carboxylic acids is 2. The Kier molecular flexibility index (Phi) is 39.0. The van der Waals surface area contributed by atoms with Gasteiger partial charge in [0.15, 0.2) is 17.5 Å². The number of thioether (sulfide) groups is 1. The Morgan fingerprint density at radius 1 is 0.537 bits per heavy atom. The van der Waals surface area contributed by atoms with Crippen molar-refractivity contribution >= 4 is 129 Å². The van der Waals surface area contributed by atoms with E-state index in [1.807, 2.05) is 0 Å². The molecule has 0 bridgehead atoms. The van der Waals surface area contributed by atoms with Gasteiger partial charge in [0.2, 0.25) is 88.6 Å². The molecule has 44 heteroatoms. The molecule has 0 radical (unpaired) electrons. The fourth-order valence-corrected chi connectivity index (χ4v) is 16.4. The molecule has 5 aromatic carbocycles. The average molecular weight is 1890 g/mol. The minimum absolute atomic E-state index is 0.106. The third-order valence-corrected chi connectivity index (χ3v) is 23.8. The van der Waals surface area contributed by atoms with Crippen LogP contribution in [0.25, 0.3) is 10.9 Å². The number of nitrogens with zero attached hydrogens (tertiary/aromatic N) is 5. The summed E-state index contributed by atoms with van der Waals surface area (Å²) in [7, 11) is 3.69. The summed E-state index contributed by atoms with van der Waals surface area (Å²) in [5, 5.41) is 71.6.